The van der Waals surface area contributed by atoms with E-state index in [0.717, 1.165) is 12.0 Å². The van der Waals surface area contributed by atoms with Gasteiger partial charge in [0.1, 0.15) is 5.60 Å². The quantitative estimate of drug-likeness (QED) is 0.786. The van der Waals surface area contributed by atoms with E-state index >= 15 is 0 Å². The average molecular weight is 318 g/mol. The monoisotopic (exact) mass is 318 g/mol. The van der Waals surface area contributed by atoms with Crippen LogP contribution in [0.1, 0.15) is 44.7 Å². The second-order valence-electron chi connectivity index (χ2n) is 6.47. The van der Waals surface area contributed by atoms with Gasteiger partial charge in [0.15, 0.2) is 11.6 Å². The van der Waals surface area contributed by atoms with E-state index < -0.39 is 5.60 Å². The summed E-state index contributed by atoms with van der Waals surface area (Å²) in [6.45, 7) is 2.54. The Balaban J connectivity index is 1.87. The Morgan fingerprint density at radius 2 is 1.75 bits per heavy atom. The molecule has 2 aromatic rings. The summed E-state index contributed by atoms with van der Waals surface area (Å²) in [7, 11) is 0. The molecule has 120 valence electrons. The molecule has 3 nitrogen and oxygen atoms in total. The highest BCUT2D eigenvalue weighted by Crippen LogP contribution is 2.40. The lowest BCUT2D eigenvalue weighted by molar-refractivity contribution is 0.0350. The van der Waals surface area contributed by atoms with Crippen LogP contribution in [0.15, 0.2) is 54.6 Å². The normalized spacial score (nSPS) is 22.4. The van der Waals surface area contributed by atoms with Crippen molar-refractivity contribution in [3.63, 3.8) is 0 Å². The molecule has 1 atom stereocenters. The molecule has 3 heteroatoms. The van der Waals surface area contributed by atoms with Crippen LogP contribution in [0, 0.1) is 6.92 Å². The molecular weight excluding hydrogens is 300 g/mol. The van der Waals surface area contributed by atoms with E-state index in [2.05, 4.69) is 0 Å². The van der Waals surface area contributed by atoms with E-state index in [4.69, 9.17) is 4.74 Å². The van der Waals surface area contributed by atoms with Gasteiger partial charge in [0.25, 0.3) is 0 Å². The van der Waals surface area contributed by atoms with Crippen LogP contribution in [0.3, 0.4) is 0 Å². The van der Waals surface area contributed by atoms with Crippen LogP contribution in [-0.2, 0) is 4.74 Å². The van der Waals surface area contributed by atoms with Crippen LogP contribution in [0.2, 0.25) is 0 Å². The molecule has 4 rings (SSSR count). The Morgan fingerprint density at radius 1 is 1.04 bits per heavy atom. The fourth-order valence-electron chi connectivity index (χ4n) is 3.52. The number of carbonyl (C=O) groups excluding carboxylic acids is 2. The summed E-state index contributed by atoms with van der Waals surface area (Å²) in [5.74, 6) is -0.0964. The summed E-state index contributed by atoms with van der Waals surface area (Å²) in [6.07, 6.45) is 3.22. The molecule has 24 heavy (non-hydrogen) atoms. The summed E-state index contributed by atoms with van der Waals surface area (Å²) in [5.41, 5.74) is 2.62. The number of allylic oxidation sites excluding steroid dienone is 1. The lowest BCUT2D eigenvalue weighted by Gasteiger charge is -2.30. The zero-order chi connectivity index (χ0) is 16.7. The summed E-state index contributed by atoms with van der Waals surface area (Å²) in [5, 5.41) is 0. The van der Waals surface area contributed by atoms with Gasteiger partial charge in [-0.1, -0.05) is 54.1 Å². The molecule has 2 aromatic carbocycles. The number of hydrogen-bond donors (Lipinski definition) is 0. The van der Waals surface area contributed by atoms with Crippen molar-refractivity contribution in [1.82, 2.24) is 0 Å². The summed E-state index contributed by atoms with van der Waals surface area (Å²) in [6, 6.07) is 14.8. The lowest BCUT2D eigenvalue weighted by atomic mass is 9.77. The van der Waals surface area contributed by atoms with Crippen LogP contribution < -0.4 is 0 Å². The molecule has 0 N–H and O–H groups in total. The van der Waals surface area contributed by atoms with E-state index in [1.165, 1.54) is 0 Å². The number of ether oxygens (including phenoxy) is 1. The van der Waals surface area contributed by atoms with Crippen molar-refractivity contribution in [1.29, 1.82) is 0 Å². The van der Waals surface area contributed by atoms with Crippen LogP contribution in [0.5, 0.6) is 0 Å². The van der Waals surface area contributed by atoms with Crippen molar-refractivity contribution in [3.05, 3.63) is 76.9 Å². The van der Waals surface area contributed by atoms with Gasteiger partial charge in [0, 0.05) is 23.3 Å². The van der Waals surface area contributed by atoms with Gasteiger partial charge in [-0.15, -0.1) is 0 Å². The summed E-state index contributed by atoms with van der Waals surface area (Å²) >= 11 is 0. The zero-order valence-electron chi connectivity index (χ0n) is 13.5. The molecule has 0 unspecified atom stereocenters. The maximum atomic E-state index is 13.1. The van der Waals surface area contributed by atoms with Crippen molar-refractivity contribution < 1.29 is 14.3 Å². The second-order valence-corrected chi connectivity index (χ2v) is 6.47. The first-order chi connectivity index (χ1) is 11.6. The Hall–Kier alpha value is -2.52. The number of benzene rings is 2. The van der Waals surface area contributed by atoms with Gasteiger partial charge in [0.2, 0.25) is 0 Å². The van der Waals surface area contributed by atoms with Gasteiger partial charge < -0.3 is 4.74 Å². The van der Waals surface area contributed by atoms with Crippen molar-refractivity contribution in [3.8, 4) is 0 Å². The van der Waals surface area contributed by atoms with E-state index in [1.54, 1.807) is 12.1 Å². The van der Waals surface area contributed by atoms with Crippen molar-refractivity contribution in [2.45, 2.75) is 25.4 Å². The first-order valence-corrected chi connectivity index (χ1v) is 8.23. The maximum Gasteiger partial charge on any atom is 0.199 e. The molecule has 0 amide bonds. The Morgan fingerprint density at radius 3 is 2.42 bits per heavy atom. The zero-order valence-corrected chi connectivity index (χ0v) is 13.5. The van der Waals surface area contributed by atoms with Crippen LogP contribution in [0.4, 0.5) is 0 Å². The van der Waals surface area contributed by atoms with Gasteiger partial charge in [0.05, 0.1) is 0 Å². The highest BCUT2D eigenvalue weighted by Gasteiger charge is 2.46. The van der Waals surface area contributed by atoms with E-state index in [-0.39, 0.29) is 11.6 Å². The molecular formula is C21H18O3. The van der Waals surface area contributed by atoms with Gasteiger partial charge in [-0.2, -0.15) is 0 Å². The molecule has 0 bridgehead atoms. The predicted molar refractivity (Wildman–Crippen MR) is 92.2 cm³/mol. The third-order valence-corrected chi connectivity index (χ3v) is 4.83. The number of Topliss-reactive ketones (excluding diaryl/α,β-unsaturated/α-hetero) is 2. The van der Waals surface area contributed by atoms with E-state index in [1.807, 2.05) is 49.4 Å². The fraction of sp³-hybridized carbons (Fsp3) is 0.238. The smallest absolute Gasteiger partial charge is 0.199 e. The number of ketones is 2. The first kappa shape index (κ1) is 15.0. The molecule has 1 heterocycles. The van der Waals surface area contributed by atoms with Crippen molar-refractivity contribution >= 4 is 17.1 Å². The Bertz CT molecular complexity index is 853. The van der Waals surface area contributed by atoms with Crippen molar-refractivity contribution in [2.75, 3.05) is 6.61 Å². The third kappa shape index (κ3) is 2.24. The van der Waals surface area contributed by atoms with Crippen LogP contribution in [-0.4, -0.2) is 23.8 Å². The van der Waals surface area contributed by atoms with E-state index in [0.29, 0.717) is 35.3 Å². The lowest BCUT2D eigenvalue weighted by Crippen LogP contribution is -2.39. The highest BCUT2D eigenvalue weighted by atomic mass is 16.5. The third-order valence-electron chi connectivity index (χ3n) is 4.83. The molecule has 1 spiro atoms. The molecule has 0 saturated carbocycles. The standard InChI is InChI=1S/C21H18O3/c1-14-7-9-15(10-8-14)19(22)18-13-21(11-4-12-24-21)20(23)17-6-3-2-5-16(17)18/h2-3,5-10,13H,4,11-12H2,1H3/t21-/m1/s1. The summed E-state index contributed by atoms with van der Waals surface area (Å²) < 4.78 is 5.81. The SMILES string of the molecule is Cc1ccc(C(=O)C2=C[C@]3(CCCO3)C(=O)c3ccccc32)cc1. The summed E-state index contributed by atoms with van der Waals surface area (Å²) in [4.78, 5) is 26.0. The van der Waals surface area contributed by atoms with Crippen LogP contribution >= 0.6 is 0 Å². The Labute approximate surface area is 141 Å². The van der Waals surface area contributed by atoms with Crippen molar-refractivity contribution in [2.24, 2.45) is 0 Å². The maximum absolute atomic E-state index is 13.1. The molecule has 0 aromatic heterocycles. The minimum atomic E-state index is -0.968. The minimum absolute atomic E-state index is 0.0314. The molecule has 1 fully saturated rings. The molecule has 2 aliphatic rings. The first-order valence-electron chi connectivity index (χ1n) is 8.23. The second kappa shape index (κ2) is 5.53. The molecule has 1 saturated heterocycles. The predicted octanol–water partition coefficient (Wildman–Crippen LogP) is 4.01. The van der Waals surface area contributed by atoms with Gasteiger partial charge in [-0.05, 0) is 31.4 Å². The minimum Gasteiger partial charge on any atom is -0.363 e. The van der Waals surface area contributed by atoms with Gasteiger partial charge >= 0.3 is 0 Å². The van der Waals surface area contributed by atoms with E-state index in [9.17, 15) is 9.59 Å². The Kier molecular flexibility index (Phi) is 3.47. The number of carbonyl (C=O) groups is 2. The van der Waals surface area contributed by atoms with Gasteiger partial charge in [-0.25, -0.2) is 0 Å². The number of hydrogen-bond acceptors (Lipinski definition) is 3. The molecule has 1 aliphatic carbocycles. The topological polar surface area (TPSA) is 43.4 Å². The average Bonchev–Trinajstić information content (AvgIpc) is 3.08. The molecule has 0 radical (unpaired) electrons. The number of rotatable bonds is 2. The highest BCUT2D eigenvalue weighted by molar-refractivity contribution is 6.33. The molecule has 1 aliphatic heterocycles. The van der Waals surface area contributed by atoms with Crippen LogP contribution in [0.25, 0.3) is 5.57 Å². The number of aryl methyl sites for hydroxylation is 1. The largest absolute Gasteiger partial charge is 0.363 e. The van der Waals surface area contributed by atoms with Gasteiger partial charge in [-0.3, -0.25) is 9.59 Å². The number of fused-ring (bicyclic) bond motifs is 1. The fourth-order valence-corrected chi connectivity index (χ4v) is 3.52.